The minimum absolute atomic E-state index is 0.138. The lowest BCUT2D eigenvalue weighted by atomic mass is 10.0. The van der Waals surface area contributed by atoms with Gasteiger partial charge >= 0.3 is 6.18 Å². The van der Waals surface area contributed by atoms with Gasteiger partial charge in [-0.3, -0.25) is 0 Å². The summed E-state index contributed by atoms with van der Waals surface area (Å²) in [7, 11) is 0. The molecule has 0 radical (unpaired) electrons. The number of nitrogen functional groups attached to an aromatic ring is 1. The van der Waals surface area contributed by atoms with Crippen LogP contribution in [0.5, 0.6) is 0 Å². The van der Waals surface area contributed by atoms with Gasteiger partial charge < -0.3 is 11.1 Å². The highest BCUT2D eigenvalue weighted by Crippen LogP contribution is 2.34. The summed E-state index contributed by atoms with van der Waals surface area (Å²) < 4.78 is 37.7. The standard InChI is InChI=1S/C11H15F3N4/c1-10(4-2-3-5-10)18-8-6-7(11(12,13)14)16-9(15)17-8/h6H,2-5H2,1H3,(H3,15,16,17,18). The van der Waals surface area contributed by atoms with Crippen molar-refractivity contribution in [1.82, 2.24) is 9.97 Å². The molecule has 1 aromatic rings. The first-order chi connectivity index (χ1) is 8.28. The molecule has 1 aliphatic rings. The van der Waals surface area contributed by atoms with Crippen molar-refractivity contribution in [2.45, 2.75) is 44.3 Å². The quantitative estimate of drug-likeness (QED) is 0.858. The molecule has 2 rings (SSSR count). The van der Waals surface area contributed by atoms with Gasteiger partial charge in [-0.15, -0.1) is 0 Å². The molecule has 1 heterocycles. The Hall–Kier alpha value is -1.53. The molecule has 0 unspecified atom stereocenters. The predicted octanol–water partition coefficient (Wildman–Crippen LogP) is 2.82. The van der Waals surface area contributed by atoms with Gasteiger partial charge in [0.2, 0.25) is 5.95 Å². The zero-order chi connectivity index (χ0) is 13.4. The second-order valence-corrected chi connectivity index (χ2v) is 4.89. The highest BCUT2D eigenvalue weighted by Gasteiger charge is 2.35. The number of nitrogens with one attached hydrogen (secondary N) is 1. The zero-order valence-corrected chi connectivity index (χ0v) is 10.0. The molecule has 7 heteroatoms. The Labute approximate surface area is 103 Å². The van der Waals surface area contributed by atoms with Crippen LogP contribution in [0.2, 0.25) is 0 Å². The van der Waals surface area contributed by atoms with Crippen molar-refractivity contribution in [3.05, 3.63) is 11.8 Å². The van der Waals surface area contributed by atoms with E-state index in [1.165, 1.54) is 0 Å². The molecule has 0 atom stereocenters. The van der Waals surface area contributed by atoms with E-state index in [-0.39, 0.29) is 17.3 Å². The van der Waals surface area contributed by atoms with Crippen LogP contribution in [0.15, 0.2) is 6.07 Å². The maximum absolute atomic E-state index is 12.6. The van der Waals surface area contributed by atoms with Crippen molar-refractivity contribution in [3.63, 3.8) is 0 Å². The van der Waals surface area contributed by atoms with Crippen LogP contribution in [-0.2, 0) is 6.18 Å². The van der Waals surface area contributed by atoms with E-state index in [1.807, 2.05) is 6.92 Å². The summed E-state index contributed by atoms with van der Waals surface area (Å²) in [6, 6.07) is 0.903. The number of hydrogen-bond acceptors (Lipinski definition) is 4. The lowest BCUT2D eigenvalue weighted by molar-refractivity contribution is -0.141. The molecule has 4 nitrogen and oxygen atoms in total. The smallest absolute Gasteiger partial charge is 0.368 e. The van der Waals surface area contributed by atoms with Crippen molar-refractivity contribution < 1.29 is 13.2 Å². The third-order valence-electron chi connectivity index (χ3n) is 3.17. The number of aromatic nitrogens is 2. The van der Waals surface area contributed by atoms with Crippen LogP contribution in [0, 0.1) is 0 Å². The van der Waals surface area contributed by atoms with Gasteiger partial charge in [0.05, 0.1) is 0 Å². The molecule has 0 bridgehead atoms. The summed E-state index contributed by atoms with van der Waals surface area (Å²) in [6.07, 6.45) is -0.549. The molecule has 0 amide bonds. The molecule has 1 fully saturated rings. The largest absolute Gasteiger partial charge is 0.433 e. The second-order valence-electron chi connectivity index (χ2n) is 4.89. The van der Waals surface area contributed by atoms with Crippen LogP contribution in [0.4, 0.5) is 24.9 Å². The number of nitrogens with zero attached hydrogens (tertiary/aromatic N) is 2. The van der Waals surface area contributed by atoms with Gasteiger partial charge in [0, 0.05) is 11.6 Å². The zero-order valence-electron chi connectivity index (χ0n) is 10.0. The van der Waals surface area contributed by atoms with Crippen LogP contribution in [0.1, 0.15) is 38.3 Å². The molecule has 1 aromatic heterocycles. The topological polar surface area (TPSA) is 63.8 Å². The van der Waals surface area contributed by atoms with Crippen molar-refractivity contribution in [3.8, 4) is 0 Å². The average molecular weight is 260 g/mol. The van der Waals surface area contributed by atoms with Crippen LogP contribution in [-0.4, -0.2) is 15.5 Å². The van der Waals surface area contributed by atoms with E-state index < -0.39 is 11.9 Å². The average Bonchev–Trinajstić information content (AvgIpc) is 2.62. The van der Waals surface area contributed by atoms with E-state index in [4.69, 9.17) is 5.73 Å². The van der Waals surface area contributed by atoms with Crippen LogP contribution in [0.3, 0.4) is 0 Å². The summed E-state index contributed by atoms with van der Waals surface area (Å²) >= 11 is 0. The molecule has 1 saturated carbocycles. The molecular weight excluding hydrogens is 245 g/mol. The fourth-order valence-electron chi connectivity index (χ4n) is 2.26. The fraction of sp³-hybridized carbons (Fsp3) is 0.636. The monoisotopic (exact) mass is 260 g/mol. The Balaban J connectivity index is 2.25. The lowest BCUT2D eigenvalue weighted by Gasteiger charge is -2.26. The first-order valence-electron chi connectivity index (χ1n) is 5.78. The summed E-state index contributed by atoms with van der Waals surface area (Å²) in [5.41, 5.74) is 4.09. The molecular formula is C11H15F3N4. The van der Waals surface area contributed by atoms with Crippen LogP contribution >= 0.6 is 0 Å². The fourth-order valence-corrected chi connectivity index (χ4v) is 2.26. The number of halogens is 3. The second kappa shape index (κ2) is 4.29. The van der Waals surface area contributed by atoms with Crippen LogP contribution < -0.4 is 11.1 Å². The summed E-state index contributed by atoms with van der Waals surface area (Å²) in [4.78, 5) is 7.02. The van der Waals surface area contributed by atoms with Gasteiger partial charge in [0.15, 0.2) is 5.69 Å². The van der Waals surface area contributed by atoms with Gasteiger partial charge in [-0.05, 0) is 19.8 Å². The van der Waals surface area contributed by atoms with E-state index in [2.05, 4.69) is 15.3 Å². The van der Waals surface area contributed by atoms with E-state index in [0.29, 0.717) is 0 Å². The van der Waals surface area contributed by atoms with Gasteiger partial charge in [0.25, 0.3) is 0 Å². The maximum atomic E-state index is 12.6. The highest BCUT2D eigenvalue weighted by atomic mass is 19.4. The van der Waals surface area contributed by atoms with Crippen molar-refractivity contribution >= 4 is 11.8 Å². The molecule has 0 saturated heterocycles. The minimum atomic E-state index is -4.51. The number of anilines is 2. The molecule has 0 aromatic carbocycles. The molecule has 100 valence electrons. The van der Waals surface area contributed by atoms with Crippen molar-refractivity contribution in [2.24, 2.45) is 0 Å². The summed E-state index contributed by atoms with van der Waals surface area (Å²) in [6.45, 7) is 1.98. The van der Waals surface area contributed by atoms with E-state index >= 15 is 0 Å². The van der Waals surface area contributed by atoms with Crippen molar-refractivity contribution in [1.29, 1.82) is 0 Å². The molecule has 0 spiro atoms. The Kier molecular flexibility index (Phi) is 3.08. The number of rotatable bonds is 2. The Morgan fingerprint density at radius 1 is 1.28 bits per heavy atom. The Morgan fingerprint density at radius 2 is 1.89 bits per heavy atom. The van der Waals surface area contributed by atoms with E-state index in [1.54, 1.807) is 0 Å². The van der Waals surface area contributed by atoms with E-state index in [0.717, 1.165) is 31.7 Å². The number of hydrogen-bond donors (Lipinski definition) is 2. The molecule has 18 heavy (non-hydrogen) atoms. The SMILES string of the molecule is CC1(Nc2cc(C(F)(F)F)nc(N)n2)CCCC1. The van der Waals surface area contributed by atoms with Crippen LogP contribution in [0.25, 0.3) is 0 Å². The highest BCUT2D eigenvalue weighted by molar-refractivity contribution is 5.43. The van der Waals surface area contributed by atoms with Gasteiger partial charge in [-0.2, -0.15) is 18.2 Å². The first-order valence-corrected chi connectivity index (χ1v) is 5.78. The molecule has 1 aliphatic carbocycles. The van der Waals surface area contributed by atoms with Gasteiger partial charge in [-0.1, -0.05) is 12.8 Å². The number of nitrogens with two attached hydrogens (primary N) is 1. The normalized spacial score (nSPS) is 18.9. The third kappa shape index (κ3) is 2.83. The minimum Gasteiger partial charge on any atom is -0.368 e. The molecule has 3 N–H and O–H groups in total. The number of alkyl halides is 3. The maximum Gasteiger partial charge on any atom is 0.433 e. The van der Waals surface area contributed by atoms with Gasteiger partial charge in [-0.25, -0.2) is 4.98 Å². The van der Waals surface area contributed by atoms with E-state index in [9.17, 15) is 13.2 Å². The molecule has 0 aliphatic heterocycles. The lowest BCUT2D eigenvalue weighted by Crippen LogP contribution is -2.31. The summed E-state index contributed by atoms with van der Waals surface area (Å²) in [5.74, 6) is -0.229. The Morgan fingerprint density at radius 3 is 2.44 bits per heavy atom. The summed E-state index contributed by atoms with van der Waals surface area (Å²) in [5, 5.41) is 3.04. The third-order valence-corrected chi connectivity index (χ3v) is 3.17. The van der Waals surface area contributed by atoms with Gasteiger partial charge in [0.1, 0.15) is 5.82 Å². The predicted molar refractivity (Wildman–Crippen MR) is 61.9 cm³/mol. The van der Waals surface area contributed by atoms with Crippen molar-refractivity contribution in [2.75, 3.05) is 11.1 Å². The first kappa shape index (κ1) is 12.9. The Bertz CT molecular complexity index is 438.